The minimum Gasteiger partial charge on any atom is -0.366 e. The van der Waals surface area contributed by atoms with Crippen LogP contribution in [0.1, 0.15) is 31.9 Å². The lowest BCUT2D eigenvalue weighted by molar-refractivity contribution is 0.337. The lowest BCUT2D eigenvalue weighted by Crippen LogP contribution is -2.38. The molecule has 2 rings (SSSR count). The first-order chi connectivity index (χ1) is 8.99. The number of hydrogen-bond acceptors (Lipinski definition) is 3. The first kappa shape index (κ1) is 14.6. The zero-order valence-electron chi connectivity index (χ0n) is 12.1. The Hall–Kier alpha value is -0.770. The first-order valence-corrected chi connectivity index (χ1v) is 7.37. The minimum absolute atomic E-state index is 0.0271. The fourth-order valence-corrected chi connectivity index (χ4v) is 3.07. The molecule has 0 radical (unpaired) electrons. The van der Waals surface area contributed by atoms with Crippen LogP contribution in [-0.2, 0) is 0 Å². The van der Waals surface area contributed by atoms with E-state index in [1.54, 1.807) is 0 Å². The highest BCUT2D eigenvalue weighted by Crippen LogP contribution is 2.30. The summed E-state index contributed by atoms with van der Waals surface area (Å²) >= 11 is 6.45. The molecule has 1 aliphatic heterocycles. The Morgan fingerprint density at radius 1 is 1.37 bits per heavy atom. The molecule has 0 saturated carbocycles. The fraction of sp³-hybridized carbons (Fsp3) is 0.600. The Morgan fingerprint density at radius 2 is 2.11 bits per heavy atom. The van der Waals surface area contributed by atoms with Crippen molar-refractivity contribution in [3.8, 4) is 0 Å². The van der Waals surface area contributed by atoms with Gasteiger partial charge in [-0.05, 0) is 51.6 Å². The Bertz CT molecular complexity index is 433. The van der Waals surface area contributed by atoms with Gasteiger partial charge in [-0.2, -0.15) is 0 Å². The van der Waals surface area contributed by atoms with Crippen LogP contribution in [0, 0.1) is 0 Å². The van der Waals surface area contributed by atoms with Crippen molar-refractivity contribution in [2.45, 2.75) is 32.4 Å². The highest BCUT2D eigenvalue weighted by Gasteiger charge is 2.21. The van der Waals surface area contributed by atoms with Crippen LogP contribution in [-0.4, -0.2) is 37.6 Å². The third-order valence-electron chi connectivity index (χ3n) is 3.85. The van der Waals surface area contributed by atoms with E-state index < -0.39 is 0 Å². The van der Waals surface area contributed by atoms with E-state index in [9.17, 15) is 0 Å². The lowest BCUT2D eigenvalue weighted by atomic mass is 10.1. The monoisotopic (exact) mass is 281 g/mol. The Kier molecular flexibility index (Phi) is 4.71. The summed E-state index contributed by atoms with van der Waals surface area (Å²) in [6, 6.07) is 6.71. The molecule has 19 heavy (non-hydrogen) atoms. The van der Waals surface area contributed by atoms with E-state index in [1.165, 1.54) is 6.42 Å². The van der Waals surface area contributed by atoms with Crippen LogP contribution in [0.25, 0.3) is 0 Å². The van der Waals surface area contributed by atoms with E-state index in [0.29, 0.717) is 6.04 Å². The average Bonchev–Trinajstić information content (AvgIpc) is 2.50. The molecule has 2 atom stereocenters. The van der Waals surface area contributed by atoms with E-state index in [4.69, 9.17) is 17.3 Å². The van der Waals surface area contributed by atoms with Crippen LogP contribution < -0.4 is 10.6 Å². The van der Waals surface area contributed by atoms with Gasteiger partial charge in [-0.1, -0.05) is 17.7 Å². The fourth-order valence-electron chi connectivity index (χ4n) is 2.77. The van der Waals surface area contributed by atoms with Crippen molar-refractivity contribution in [2.24, 2.45) is 5.73 Å². The van der Waals surface area contributed by atoms with Crippen LogP contribution >= 0.6 is 11.6 Å². The van der Waals surface area contributed by atoms with E-state index in [2.05, 4.69) is 35.9 Å². The summed E-state index contributed by atoms with van der Waals surface area (Å²) in [5.74, 6) is 0. The van der Waals surface area contributed by atoms with Crippen molar-refractivity contribution in [3.05, 3.63) is 28.8 Å². The Labute approximate surface area is 121 Å². The smallest absolute Gasteiger partial charge is 0.0643 e. The summed E-state index contributed by atoms with van der Waals surface area (Å²) < 4.78 is 0. The van der Waals surface area contributed by atoms with Gasteiger partial charge < -0.3 is 15.5 Å². The van der Waals surface area contributed by atoms with E-state index >= 15 is 0 Å². The second-order valence-electron chi connectivity index (χ2n) is 5.66. The van der Waals surface area contributed by atoms with Gasteiger partial charge in [-0.15, -0.1) is 0 Å². The topological polar surface area (TPSA) is 32.5 Å². The summed E-state index contributed by atoms with van der Waals surface area (Å²) in [4.78, 5) is 4.80. The van der Waals surface area contributed by atoms with Gasteiger partial charge in [0.15, 0.2) is 0 Å². The van der Waals surface area contributed by atoms with Gasteiger partial charge in [-0.3, -0.25) is 0 Å². The zero-order chi connectivity index (χ0) is 14.0. The standard InChI is InChI=1S/C15H24ClN3/c1-11-10-18(3)7-4-8-19(11)15-6-5-13(12(2)17)9-14(15)16/h5-6,9,11-12H,4,7-8,10,17H2,1-3H3/t11?,12-/m0/s1. The molecule has 2 N–H and O–H groups in total. The molecule has 0 amide bonds. The summed E-state index contributed by atoms with van der Waals surface area (Å²) in [5, 5.41) is 0.811. The number of nitrogens with zero attached hydrogens (tertiary/aromatic N) is 2. The quantitative estimate of drug-likeness (QED) is 0.905. The highest BCUT2D eigenvalue weighted by molar-refractivity contribution is 6.33. The molecule has 0 bridgehead atoms. The van der Waals surface area contributed by atoms with Crippen molar-refractivity contribution in [2.75, 3.05) is 31.6 Å². The molecule has 3 nitrogen and oxygen atoms in total. The maximum absolute atomic E-state index is 6.45. The maximum Gasteiger partial charge on any atom is 0.0643 e. The number of rotatable bonds is 2. The molecule has 4 heteroatoms. The van der Waals surface area contributed by atoms with Crippen LogP contribution in [0.4, 0.5) is 5.69 Å². The van der Waals surface area contributed by atoms with Gasteiger partial charge in [0.1, 0.15) is 0 Å². The summed E-state index contributed by atoms with van der Waals surface area (Å²) in [7, 11) is 2.18. The maximum atomic E-state index is 6.45. The largest absolute Gasteiger partial charge is 0.366 e. The highest BCUT2D eigenvalue weighted by atomic mass is 35.5. The Balaban J connectivity index is 2.25. The normalized spacial score (nSPS) is 23.2. The molecular formula is C15H24ClN3. The molecule has 1 aromatic rings. The minimum atomic E-state index is 0.0271. The van der Waals surface area contributed by atoms with Gasteiger partial charge in [0.2, 0.25) is 0 Å². The molecular weight excluding hydrogens is 258 g/mol. The molecule has 1 aromatic carbocycles. The number of hydrogen-bond donors (Lipinski definition) is 1. The van der Waals surface area contributed by atoms with Crippen molar-refractivity contribution in [1.82, 2.24) is 4.90 Å². The van der Waals surface area contributed by atoms with Crippen molar-refractivity contribution in [3.63, 3.8) is 0 Å². The zero-order valence-corrected chi connectivity index (χ0v) is 12.8. The predicted molar refractivity (Wildman–Crippen MR) is 83.0 cm³/mol. The second-order valence-corrected chi connectivity index (χ2v) is 6.06. The molecule has 1 aliphatic rings. The number of anilines is 1. The SMILES string of the molecule is CC1CN(C)CCCN1c1ccc([C@H](C)N)cc1Cl. The molecule has 0 aliphatic carbocycles. The van der Waals surface area contributed by atoms with Gasteiger partial charge >= 0.3 is 0 Å². The van der Waals surface area contributed by atoms with Gasteiger partial charge in [0, 0.05) is 25.2 Å². The molecule has 1 heterocycles. The van der Waals surface area contributed by atoms with Crippen LogP contribution in [0.15, 0.2) is 18.2 Å². The molecule has 1 unspecified atom stereocenters. The third-order valence-corrected chi connectivity index (χ3v) is 4.16. The molecule has 1 saturated heterocycles. The van der Waals surface area contributed by atoms with Crippen molar-refractivity contribution in [1.29, 1.82) is 0 Å². The van der Waals surface area contributed by atoms with E-state index in [1.807, 2.05) is 13.0 Å². The van der Waals surface area contributed by atoms with Gasteiger partial charge in [-0.25, -0.2) is 0 Å². The number of nitrogens with two attached hydrogens (primary N) is 1. The molecule has 0 spiro atoms. The number of halogens is 1. The van der Waals surface area contributed by atoms with Gasteiger partial charge in [0.25, 0.3) is 0 Å². The Morgan fingerprint density at radius 3 is 2.74 bits per heavy atom. The first-order valence-electron chi connectivity index (χ1n) is 6.99. The molecule has 1 fully saturated rings. The average molecular weight is 282 g/mol. The third kappa shape index (κ3) is 3.41. The van der Waals surface area contributed by atoms with Crippen LogP contribution in [0.2, 0.25) is 5.02 Å². The van der Waals surface area contributed by atoms with E-state index in [0.717, 1.165) is 35.9 Å². The summed E-state index contributed by atoms with van der Waals surface area (Å²) in [5.41, 5.74) is 8.13. The number of likely N-dealkylation sites (N-methyl/N-ethyl adjacent to an activating group) is 1. The van der Waals surface area contributed by atoms with Crippen molar-refractivity contribution < 1.29 is 0 Å². The summed E-state index contributed by atoms with van der Waals surface area (Å²) in [6.45, 7) is 7.52. The van der Waals surface area contributed by atoms with Crippen LogP contribution in [0.3, 0.4) is 0 Å². The predicted octanol–water partition coefficient (Wildman–Crippen LogP) is 2.89. The summed E-state index contributed by atoms with van der Waals surface area (Å²) in [6.07, 6.45) is 1.17. The van der Waals surface area contributed by atoms with Gasteiger partial charge in [0.05, 0.1) is 10.7 Å². The second kappa shape index (κ2) is 6.12. The lowest BCUT2D eigenvalue weighted by Gasteiger charge is -2.31. The number of benzene rings is 1. The van der Waals surface area contributed by atoms with Crippen LogP contribution in [0.5, 0.6) is 0 Å². The van der Waals surface area contributed by atoms with E-state index in [-0.39, 0.29) is 6.04 Å². The molecule has 0 aromatic heterocycles. The molecule has 106 valence electrons. The van der Waals surface area contributed by atoms with Crippen molar-refractivity contribution >= 4 is 17.3 Å².